The van der Waals surface area contributed by atoms with Gasteiger partial charge in [-0.15, -0.1) is 22.7 Å². The number of carbonyl (C=O) groups is 2. The molecule has 0 radical (unpaired) electrons. The Bertz CT molecular complexity index is 1360. The number of fused-ring (bicyclic) bond motifs is 1. The number of amides is 2. The molecule has 0 atom stereocenters. The van der Waals surface area contributed by atoms with E-state index in [2.05, 4.69) is 20.3 Å². The number of hydrogen-bond acceptors (Lipinski definition) is 7. The third kappa shape index (κ3) is 3.38. The van der Waals surface area contributed by atoms with Crippen molar-refractivity contribution in [2.24, 2.45) is 5.73 Å². The minimum atomic E-state index is -0.549. The molecule has 0 unspecified atom stereocenters. The number of anilines is 1. The Kier molecular flexibility index (Phi) is 4.42. The molecule has 8 nitrogen and oxygen atoms in total. The number of furan rings is 1. The third-order valence-electron chi connectivity index (χ3n) is 4.30. The summed E-state index contributed by atoms with van der Waals surface area (Å²) < 4.78 is 6.76. The quantitative estimate of drug-likeness (QED) is 0.378. The molecule has 2 amide bonds. The van der Waals surface area contributed by atoms with E-state index in [1.807, 2.05) is 24.3 Å². The van der Waals surface area contributed by atoms with Gasteiger partial charge in [-0.2, -0.15) is 0 Å². The maximum atomic E-state index is 12.5. The van der Waals surface area contributed by atoms with Crippen LogP contribution in [-0.4, -0.2) is 26.8 Å². The molecule has 0 aliphatic carbocycles. The van der Waals surface area contributed by atoms with Gasteiger partial charge >= 0.3 is 0 Å². The van der Waals surface area contributed by atoms with Crippen molar-refractivity contribution in [3.8, 4) is 22.0 Å². The largest absolute Gasteiger partial charge is 0.448 e. The summed E-state index contributed by atoms with van der Waals surface area (Å²) in [6.07, 6.45) is 1.64. The highest BCUT2D eigenvalue weighted by Gasteiger charge is 2.17. The maximum Gasteiger partial charge on any atom is 0.293 e. The van der Waals surface area contributed by atoms with E-state index in [1.54, 1.807) is 29.8 Å². The van der Waals surface area contributed by atoms with Crippen molar-refractivity contribution in [2.75, 3.05) is 5.32 Å². The van der Waals surface area contributed by atoms with Gasteiger partial charge < -0.3 is 15.1 Å². The Labute approximate surface area is 177 Å². The lowest BCUT2D eigenvalue weighted by molar-refractivity contribution is 0.0989. The van der Waals surface area contributed by atoms with Crippen molar-refractivity contribution in [3.63, 3.8) is 0 Å². The van der Waals surface area contributed by atoms with E-state index in [0.29, 0.717) is 32.9 Å². The monoisotopic (exact) mass is 435 g/mol. The Balaban J connectivity index is 1.32. The number of primary amides is 1. The van der Waals surface area contributed by atoms with E-state index in [0.717, 1.165) is 10.2 Å². The molecule has 0 aliphatic heterocycles. The molecular weight excluding hydrogens is 422 g/mol. The molecule has 5 rings (SSSR count). The van der Waals surface area contributed by atoms with Crippen LogP contribution in [0.4, 0.5) is 5.13 Å². The predicted octanol–water partition coefficient (Wildman–Crippen LogP) is 4.36. The summed E-state index contributed by atoms with van der Waals surface area (Å²) in [5.74, 6) is -0.256. The van der Waals surface area contributed by atoms with Crippen molar-refractivity contribution >= 4 is 49.8 Å². The number of nitrogens with two attached hydrogens (primary N) is 1. The molecule has 4 heterocycles. The summed E-state index contributed by atoms with van der Waals surface area (Å²) in [6, 6.07) is 12.8. The summed E-state index contributed by atoms with van der Waals surface area (Å²) >= 11 is 2.77. The molecule has 0 fully saturated rings. The SMILES string of the molecule is NC(=O)c1cc(-c2csc(NC(=O)c3ccc(-c4nc5ccccc5s4)o3)n2)c[nH]1. The number of benzene rings is 1. The highest BCUT2D eigenvalue weighted by Crippen LogP contribution is 2.31. The van der Waals surface area contributed by atoms with E-state index in [-0.39, 0.29) is 5.76 Å². The topological polar surface area (TPSA) is 127 Å². The predicted molar refractivity (Wildman–Crippen MR) is 116 cm³/mol. The molecule has 10 heteroatoms. The minimum absolute atomic E-state index is 0.165. The average molecular weight is 435 g/mol. The number of nitrogens with zero attached hydrogens (tertiary/aromatic N) is 2. The van der Waals surface area contributed by atoms with Crippen molar-refractivity contribution in [1.29, 1.82) is 0 Å². The molecular formula is C20H13N5O3S2. The lowest BCUT2D eigenvalue weighted by Crippen LogP contribution is -2.10. The van der Waals surface area contributed by atoms with Gasteiger partial charge in [-0.1, -0.05) is 12.1 Å². The first-order valence-electron chi connectivity index (χ1n) is 8.78. The van der Waals surface area contributed by atoms with Crippen LogP contribution in [0.2, 0.25) is 0 Å². The molecule has 0 aliphatic rings. The average Bonchev–Trinajstić information content (AvgIpc) is 3.52. The fraction of sp³-hybridized carbons (Fsp3) is 0. The molecule has 0 bridgehead atoms. The highest BCUT2D eigenvalue weighted by atomic mass is 32.1. The second-order valence-electron chi connectivity index (χ2n) is 6.31. The van der Waals surface area contributed by atoms with Crippen LogP contribution in [0.3, 0.4) is 0 Å². The standard InChI is InChI=1S/C20H13N5O3S2/c21-17(26)12-7-10(8-22-12)13-9-29-20(24-13)25-18(27)14-5-6-15(28-14)19-23-11-3-1-2-4-16(11)30-19/h1-9,22H,(H2,21,26)(H,24,25,27). The van der Waals surface area contributed by atoms with Gasteiger partial charge in [0.25, 0.3) is 11.8 Å². The van der Waals surface area contributed by atoms with Crippen LogP contribution in [0.1, 0.15) is 21.0 Å². The summed E-state index contributed by atoms with van der Waals surface area (Å²) in [6.45, 7) is 0. The van der Waals surface area contributed by atoms with Crippen LogP contribution in [-0.2, 0) is 0 Å². The number of aromatic nitrogens is 3. The first-order valence-corrected chi connectivity index (χ1v) is 10.5. The molecule has 30 heavy (non-hydrogen) atoms. The third-order valence-corrected chi connectivity index (χ3v) is 6.11. The summed E-state index contributed by atoms with van der Waals surface area (Å²) in [5, 5.41) is 5.63. The van der Waals surface area contributed by atoms with Crippen LogP contribution in [0.25, 0.3) is 32.2 Å². The van der Waals surface area contributed by atoms with Gasteiger partial charge in [-0.3, -0.25) is 14.9 Å². The molecule has 4 aromatic heterocycles. The smallest absolute Gasteiger partial charge is 0.293 e. The van der Waals surface area contributed by atoms with Gasteiger partial charge in [0.05, 0.1) is 15.9 Å². The minimum Gasteiger partial charge on any atom is -0.448 e. The van der Waals surface area contributed by atoms with Crippen molar-refractivity contribution in [2.45, 2.75) is 0 Å². The zero-order valence-corrected chi connectivity index (χ0v) is 16.8. The molecule has 1 aromatic carbocycles. The number of rotatable bonds is 5. The lowest BCUT2D eigenvalue weighted by atomic mass is 10.2. The van der Waals surface area contributed by atoms with Gasteiger partial charge in [0, 0.05) is 17.1 Å². The zero-order valence-electron chi connectivity index (χ0n) is 15.2. The Morgan fingerprint density at radius 3 is 2.80 bits per heavy atom. The van der Waals surface area contributed by atoms with Crippen LogP contribution in [0.5, 0.6) is 0 Å². The van der Waals surface area contributed by atoms with E-state index < -0.39 is 11.8 Å². The van der Waals surface area contributed by atoms with Crippen LogP contribution < -0.4 is 11.1 Å². The van der Waals surface area contributed by atoms with Gasteiger partial charge in [0.2, 0.25) is 0 Å². The number of H-pyrrole nitrogens is 1. The summed E-state index contributed by atoms with van der Waals surface area (Å²) in [4.78, 5) is 35.5. The number of thiazole rings is 2. The highest BCUT2D eigenvalue weighted by molar-refractivity contribution is 7.21. The van der Waals surface area contributed by atoms with Crippen molar-refractivity contribution in [1.82, 2.24) is 15.0 Å². The molecule has 0 saturated carbocycles. The normalized spacial score (nSPS) is 11.1. The van der Waals surface area contributed by atoms with Gasteiger partial charge in [-0.05, 0) is 30.3 Å². The van der Waals surface area contributed by atoms with Gasteiger partial charge in [-0.25, -0.2) is 9.97 Å². The van der Waals surface area contributed by atoms with Gasteiger partial charge in [0.15, 0.2) is 21.7 Å². The van der Waals surface area contributed by atoms with Crippen LogP contribution in [0, 0.1) is 0 Å². The Hall–Kier alpha value is -3.76. The number of carbonyl (C=O) groups excluding carboxylic acids is 2. The van der Waals surface area contributed by atoms with Crippen LogP contribution in [0.15, 0.2) is 58.5 Å². The molecule has 0 saturated heterocycles. The second-order valence-corrected chi connectivity index (χ2v) is 8.20. The first kappa shape index (κ1) is 18.3. The van der Waals surface area contributed by atoms with Crippen LogP contribution >= 0.6 is 22.7 Å². The van der Waals surface area contributed by atoms with E-state index in [4.69, 9.17) is 10.2 Å². The van der Waals surface area contributed by atoms with Gasteiger partial charge in [0.1, 0.15) is 5.69 Å². The van der Waals surface area contributed by atoms with Crippen molar-refractivity contribution in [3.05, 3.63) is 65.5 Å². The first-order chi connectivity index (χ1) is 14.6. The number of aromatic amines is 1. The maximum absolute atomic E-state index is 12.5. The fourth-order valence-electron chi connectivity index (χ4n) is 2.86. The van der Waals surface area contributed by atoms with E-state index in [9.17, 15) is 9.59 Å². The van der Waals surface area contributed by atoms with E-state index in [1.165, 1.54) is 22.7 Å². The number of hydrogen-bond donors (Lipinski definition) is 3. The Morgan fingerprint density at radius 1 is 1.13 bits per heavy atom. The molecule has 5 aromatic rings. The number of para-hydroxylation sites is 1. The molecule has 4 N–H and O–H groups in total. The lowest BCUT2D eigenvalue weighted by Gasteiger charge is -1.97. The zero-order chi connectivity index (χ0) is 20.7. The fourth-order valence-corrected chi connectivity index (χ4v) is 4.50. The molecule has 148 valence electrons. The summed E-state index contributed by atoms with van der Waals surface area (Å²) in [7, 11) is 0. The summed E-state index contributed by atoms with van der Waals surface area (Å²) in [5.41, 5.74) is 7.75. The number of nitrogens with one attached hydrogen (secondary N) is 2. The Morgan fingerprint density at radius 2 is 2.00 bits per heavy atom. The molecule has 0 spiro atoms. The van der Waals surface area contributed by atoms with E-state index >= 15 is 0 Å². The second kappa shape index (κ2) is 7.25. The van der Waals surface area contributed by atoms with Crippen molar-refractivity contribution < 1.29 is 14.0 Å².